The zero-order valence-electron chi connectivity index (χ0n) is 15.2. The second kappa shape index (κ2) is 10.3. The van der Waals surface area contributed by atoms with E-state index in [2.05, 4.69) is 17.1 Å². The number of benzene rings is 1. The highest BCUT2D eigenvalue weighted by atomic mass is 35.5. The van der Waals surface area contributed by atoms with Gasteiger partial charge in [-0.25, -0.2) is 4.98 Å². The maximum atomic E-state index is 13.0. The number of rotatable bonds is 4. The Kier molecular flexibility index (Phi) is 9.04. The summed E-state index contributed by atoms with van der Waals surface area (Å²) < 4.78 is 0. The fraction of sp³-hybridized carbons (Fsp3) is 0.474. The standard InChI is InChI=1S/C19H25N3OS.2ClH/c1-13(20)16-10-6-7-11-22(16)19(23)18-14(2)21-17(24-18)12-15-8-4-3-5-9-15;;/h3-5,8-9,13,16H,6-7,10-12,20H2,1-2H3;2*1H. The third-order valence-corrected chi connectivity index (χ3v) is 5.80. The SMILES string of the molecule is Cc1nc(Cc2ccccc2)sc1C(=O)N1CCCCC1C(C)N.Cl.Cl. The van der Waals surface area contributed by atoms with E-state index in [4.69, 9.17) is 5.73 Å². The quantitative estimate of drug-likeness (QED) is 0.812. The Morgan fingerprint density at radius 1 is 1.31 bits per heavy atom. The van der Waals surface area contributed by atoms with Crippen molar-refractivity contribution in [2.75, 3.05) is 6.54 Å². The van der Waals surface area contributed by atoms with Crippen LogP contribution in [0.3, 0.4) is 0 Å². The molecule has 1 aromatic heterocycles. The van der Waals surface area contributed by atoms with Crippen LogP contribution >= 0.6 is 36.2 Å². The molecule has 2 N–H and O–H groups in total. The number of carbonyl (C=O) groups is 1. The first-order valence-corrected chi connectivity index (χ1v) is 9.44. The maximum absolute atomic E-state index is 13.0. The molecule has 1 aliphatic heterocycles. The minimum absolute atomic E-state index is 0. The van der Waals surface area contributed by atoms with Crippen molar-refractivity contribution in [1.82, 2.24) is 9.88 Å². The molecule has 1 aromatic carbocycles. The van der Waals surface area contributed by atoms with Crippen molar-refractivity contribution >= 4 is 42.1 Å². The minimum Gasteiger partial charge on any atom is -0.333 e. The monoisotopic (exact) mass is 415 g/mol. The van der Waals surface area contributed by atoms with Gasteiger partial charge in [-0.15, -0.1) is 36.2 Å². The Hall–Kier alpha value is -1.14. The van der Waals surface area contributed by atoms with Gasteiger partial charge in [-0.2, -0.15) is 0 Å². The third-order valence-electron chi connectivity index (χ3n) is 4.65. The van der Waals surface area contributed by atoms with Crippen LogP contribution in [0, 0.1) is 6.92 Å². The largest absolute Gasteiger partial charge is 0.333 e. The van der Waals surface area contributed by atoms with Gasteiger partial charge in [0.2, 0.25) is 0 Å². The topological polar surface area (TPSA) is 59.2 Å². The summed E-state index contributed by atoms with van der Waals surface area (Å²) in [6.07, 6.45) is 3.98. The molecule has 1 fully saturated rings. The van der Waals surface area contributed by atoms with Crippen molar-refractivity contribution in [2.45, 2.75) is 51.6 Å². The number of halogens is 2. The predicted octanol–water partition coefficient (Wildman–Crippen LogP) is 4.23. The van der Waals surface area contributed by atoms with Crippen molar-refractivity contribution in [2.24, 2.45) is 5.73 Å². The van der Waals surface area contributed by atoms with Crippen LogP contribution < -0.4 is 5.73 Å². The van der Waals surface area contributed by atoms with Gasteiger partial charge in [0.05, 0.1) is 10.7 Å². The lowest BCUT2D eigenvalue weighted by atomic mass is 9.96. The number of likely N-dealkylation sites (tertiary alicyclic amines) is 1. The number of piperidine rings is 1. The fourth-order valence-corrected chi connectivity index (χ4v) is 4.44. The van der Waals surface area contributed by atoms with Crippen molar-refractivity contribution < 1.29 is 4.79 Å². The van der Waals surface area contributed by atoms with Crippen LogP contribution in [0.2, 0.25) is 0 Å². The molecule has 1 amide bonds. The molecular weight excluding hydrogens is 389 g/mol. The molecule has 1 aliphatic rings. The number of hydrogen-bond donors (Lipinski definition) is 1. The highest BCUT2D eigenvalue weighted by Crippen LogP contribution is 2.27. The van der Waals surface area contributed by atoms with Crippen LogP contribution in [0.1, 0.15) is 52.1 Å². The van der Waals surface area contributed by atoms with Gasteiger partial charge >= 0.3 is 0 Å². The molecule has 2 unspecified atom stereocenters. The summed E-state index contributed by atoms with van der Waals surface area (Å²) in [6.45, 7) is 4.73. The van der Waals surface area contributed by atoms with Gasteiger partial charge in [0, 0.05) is 25.0 Å². The Balaban J connectivity index is 0.00000169. The van der Waals surface area contributed by atoms with Crippen LogP contribution in [-0.4, -0.2) is 34.4 Å². The second-order valence-corrected chi connectivity index (χ2v) is 7.69. The van der Waals surface area contributed by atoms with Crippen LogP contribution in [0.25, 0.3) is 0 Å². The van der Waals surface area contributed by atoms with E-state index in [1.54, 1.807) is 0 Å². The van der Waals surface area contributed by atoms with Crippen molar-refractivity contribution in [3.8, 4) is 0 Å². The zero-order valence-corrected chi connectivity index (χ0v) is 17.6. The molecule has 2 aromatic rings. The van der Waals surface area contributed by atoms with E-state index in [9.17, 15) is 4.79 Å². The van der Waals surface area contributed by atoms with E-state index in [1.165, 1.54) is 16.9 Å². The molecule has 26 heavy (non-hydrogen) atoms. The van der Waals surface area contributed by atoms with Gasteiger partial charge in [0.15, 0.2) is 0 Å². The fourth-order valence-electron chi connectivity index (χ4n) is 3.38. The second-order valence-electron chi connectivity index (χ2n) is 6.61. The normalized spacial score (nSPS) is 17.8. The molecule has 4 nitrogen and oxygen atoms in total. The van der Waals surface area contributed by atoms with Crippen molar-refractivity contribution in [1.29, 1.82) is 0 Å². The molecule has 0 saturated carbocycles. The number of nitrogens with zero attached hydrogens (tertiary/aromatic N) is 2. The highest BCUT2D eigenvalue weighted by molar-refractivity contribution is 7.13. The lowest BCUT2D eigenvalue weighted by Gasteiger charge is -2.37. The van der Waals surface area contributed by atoms with E-state index in [1.807, 2.05) is 36.9 Å². The van der Waals surface area contributed by atoms with Crippen LogP contribution in [0.5, 0.6) is 0 Å². The number of nitrogens with two attached hydrogens (primary N) is 1. The number of aryl methyl sites for hydroxylation is 1. The number of amides is 1. The van der Waals surface area contributed by atoms with Crippen molar-refractivity contribution in [3.63, 3.8) is 0 Å². The number of hydrogen-bond acceptors (Lipinski definition) is 4. The summed E-state index contributed by atoms with van der Waals surface area (Å²) >= 11 is 1.53. The van der Waals surface area contributed by atoms with Crippen LogP contribution in [0.4, 0.5) is 0 Å². The summed E-state index contributed by atoms with van der Waals surface area (Å²) in [5.74, 6) is 0.103. The van der Waals surface area contributed by atoms with Gasteiger partial charge in [0.25, 0.3) is 5.91 Å². The molecule has 3 rings (SSSR count). The molecule has 0 spiro atoms. The summed E-state index contributed by atoms with van der Waals surface area (Å²) in [7, 11) is 0. The summed E-state index contributed by atoms with van der Waals surface area (Å²) in [6, 6.07) is 10.4. The molecule has 1 saturated heterocycles. The molecule has 0 bridgehead atoms. The third kappa shape index (κ3) is 5.19. The van der Waals surface area contributed by atoms with Gasteiger partial charge in [-0.1, -0.05) is 30.3 Å². The van der Waals surface area contributed by atoms with Gasteiger partial charge in [0.1, 0.15) is 4.88 Å². The molecule has 2 heterocycles. The first-order valence-electron chi connectivity index (χ1n) is 8.63. The Labute approximate surface area is 172 Å². The van der Waals surface area contributed by atoms with E-state index in [0.717, 1.165) is 47.8 Å². The molecule has 2 atom stereocenters. The van der Waals surface area contributed by atoms with Gasteiger partial charge in [-0.05, 0) is 38.7 Å². The Morgan fingerprint density at radius 2 is 2.00 bits per heavy atom. The Morgan fingerprint density at radius 3 is 2.65 bits per heavy atom. The number of aromatic nitrogens is 1. The smallest absolute Gasteiger partial charge is 0.266 e. The minimum atomic E-state index is 0. The first-order chi connectivity index (χ1) is 11.6. The molecule has 144 valence electrons. The maximum Gasteiger partial charge on any atom is 0.266 e. The average Bonchev–Trinajstić information content (AvgIpc) is 2.95. The lowest BCUT2D eigenvalue weighted by molar-refractivity contribution is 0.0588. The Bertz CT molecular complexity index is 706. The first kappa shape index (κ1) is 22.9. The van der Waals surface area contributed by atoms with Gasteiger partial charge in [-0.3, -0.25) is 4.79 Å². The van der Waals surface area contributed by atoms with E-state index < -0.39 is 0 Å². The van der Waals surface area contributed by atoms with Crippen LogP contribution in [0.15, 0.2) is 30.3 Å². The van der Waals surface area contributed by atoms with Crippen molar-refractivity contribution in [3.05, 3.63) is 51.5 Å². The van der Waals surface area contributed by atoms with Crippen LogP contribution in [-0.2, 0) is 6.42 Å². The van der Waals surface area contributed by atoms with E-state index >= 15 is 0 Å². The van der Waals surface area contributed by atoms with E-state index in [0.29, 0.717) is 0 Å². The zero-order chi connectivity index (χ0) is 17.1. The highest BCUT2D eigenvalue weighted by Gasteiger charge is 2.31. The van der Waals surface area contributed by atoms with E-state index in [-0.39, 0.29) is 42.8 Å². The molecule has 0 radical (unpaired) electrons. The average molecular weight is 416 g/mol. The van der Waals surface area contributed by atoms with Gasteiger partial charge < -0.3 is 10.6 Å². The number of thiazole rings is 1. The molecule has 7 heteroatoms. The molecule has 0 aliphatic carbocycles. The number of carbonyl (C=O) groups excluding carboxylic acids is 1. The summed E-state index contributed by atoms with van der Waals surface area (Å²) in [5, 5.41) is 0.997. The molecular formula is C19H27Cl2N3OS. The summed E-state index contributed by atoms with van der Waals surface area (Å²) in [4.78, 5) is 20.4. The predicted molar refractivity (Wildman–Crippen MR) is 113 cm³/mol. The lowest BCUT2D eigenvalue weighted by Crippen LogP contribution is -2.51. The summed E-state index contributed by atoms with van der Waals surface area (Å²) in [5.41, 5.74) is 8.17.